The van der Waals surface area contributed by atoms with Crippen LogP contribution in [-0.2, 0) is 9.47 Å². The van der Waals surface area contributed by atoms with Crippen LogP contribution in [-0.4, -0.2) is 39.3 Å². The highest BCUT2D eigenvalue weighted by Gasteiger charge is 2.05. The van der Waals surface area contributed by atoms with Gasteiger partial charge in [0.05, 0.1) is 20.3 Å². The summed E-state index contributed by atoms with van der Waals surface area (Å²) in [6.07, 6.45) is 4.80. The fraction of sp³-hybridized carbons (Fsp3) is 0.588. The van der Waals surface area contributed by atoms with Gasteiger partial charge < -0.3 is 14.2 Å². The van der Waals surface area contributed by atoms with Crippen LogP contribution >= 0.6 is 0 Å². The number of hydrogen-bond acceptors (Lipinski definition) is 4. The third-order valence-electron chi connectivity index (χ3n) is 3.16. The first kappa shape index (κ1) is 17.7. The molecule has 0 saturated heterocycles. The molecule has 0 unspecified atom stereocenters. The molecule has 21 heavy (non-hydrogen) atoms. The summed E-state index contributed by atoms with van der Waals surface area (Å²) >= 11 is 0. The molecular weight excluding hydrogens is 268 g/mol. The van der Waals surface area contributed by atoms with Crippen LogP contribution in [0.1, 0.15) is 43.0 Å². The van der Waals surface area contributed by atoms with Gasteiger partial charge in [0.25, 0.3) is 0 Å². The quantitative estimate of drug-likeness (QED) is 0.437. The maximum Gasteiger partial charge on any atom is 0.188 e. The minimum Gasteiger partial charge on any atom is -0.497 e. The summed E-state index contributed by atoms with van der Waals surface area (Å²) in [6.45, 7) is 4.05. The molecule has 0 aromatic heterocycles. The van der Waals surface area contributed by atoms with Crippen molar-refractivity contribution < 1.29 is 19.0 Å². The molecule has 0 N–H and O–H groups in total. The van der Waals surface area contributed by atoms with Crippen LogP contribution in [0.4, 0.5) is 0 Å². The lowest BCUT2D eigenvalue weighted by atomic mass is 10.1. The van der Waals surface area contributed by atoms with Crippen LogP contribution in [0.25, 0.3) is 0 Å². The maximum atomic E-state index is 11.8. The lowest BCUT2D eigenvalue weighted by Gasteiger charge is -2.06. The zero-order chi connectivity index (χ0) is 15.3. The number of hydrogen-bond donors (Lipinski definition) is 0. The molecule has 0 aliphatic rings. The molecule has 0 aliphatic carbocycles. The number of methoxy groups -OCH3 is 1. The van der Waals surface area contributed by atoms with Crippen molar-refractivity contribution in [1.29, 1.82) is 0 Å². The van der Waals surface area contributed by atoms with E-state index in [-0.39, 0.29) is 12.4 Å². The van der Waals surface area contributed by atoms with Crippen LogP contribution in [0.15, 0.2) is 24.3 Å². The molecule has 0 heterocycles. The molecule has 1 rings (SSSR count). The van der Waals surface area contributed by atoms with Gasteiger partial charge in [-0.3, -0.25) is 4.79 Å². The zero-order valence-corrected chi connectivity index (χ0v) is 13.1. The molecule has 0 spiro atoms. The molecule has 4 heteroatoms. The second kappa shape index (κ2) is 11.3. The Morgan fingerprint density at radius 3 is 2.33 bits per heavy atom. The molecule has 0 bridgehead atoms. The summed E-state index contributed by atoms with van der Waals surface area (Å²) < 4.78 is 15.8. The average Bonchev–Trinajstić information content (AvgIpc) is 2.53. The van der Waals surface area contributed by atoms with E-state index in [9.17, 15) is 4.79 Å². The average molecular weight is 294 g/mol. The number of ketones is 1. The first-order valence-corrected chi connectivity index (χ1v) is 7.60. The lowest BCUT2D eigenvalue weighted by molar-refractivity contribution is 0.0429. The number of rotatable bonds is 12. The Hall–Kier alpha value is -1.39. The highest BCUT2D eigenvalue weighted by molar-refractivity contribution is 5.97. The molecule has 0 saturated carbocycles. The normalized spacial score (nSPS) is 10.6. The largest absolute Gasteiger partial charge is 0.497 e. The van der Waals surface area contributed by atoms with Crippen molar-refractivity contribution >= 4 is 5.78 Å². The van der Waals surface area contributed by atoms with Gasteiger partial charge in [0, 0.05) is 12.2 Å². The summed E-state index contributed by atoms with van der Waals surface area (Å²) in [5.74, 6) is 0.713. The summed E-state index contributed by atoms with van der Waals surface area (Å²) in [4.78, 5) is 11.8. The topological polar surface area (TPSA) is 44.8 Å². The molecule has 4 nitrogen and oxygen atoms in total. The first-order chi connectivity index (χ1) is 10.3. The van der Waals surface area contributed by atoms with E-state index in [1.54, 1.807) is 31.4 Å². The highest BCUT2D eigenvalue weighted by Crippen LogP contribution is 2.11. The van der Waals surface area contributed by atoms with Crippen molar-refractivity contribution in [3.05, 3.63) is 29.8 Å². The molecule has 0 fully saturated rings. The summed E-state index contributed by atoms with van der Waals surface area (Å²) in [5.41, 5.74) is 0.635. The third-order valence-corrected chi connectivity index (χ3v) is 3.16. The summed E-state index contributed by atoms with van der Waals surface area (Å²) in [5, 5.41) is 0. The first-order valence-electron chi connectivity index (χ1n) is 7.60. The predicted octanol–water partition coefficient (Wildman–Crippen LogP) is 3.49. The fourth-order valence-corrected chi connectivity index (χ4v) is 1.88. The third kappa shape index (κ3) is 7.83. The number of benzene rings is 1. The Balaban J connectivity index is 2.05. The van der Waals surface area contributed by atoms with E-state index in [0.717, 1.165) is 18.8 Å². The fourth-order valence-electron chi connectivity index (χ4n) is 1.88. The smallest absolute Gasteiger partial charge is 0.188 e. The van der Waals surface area contributed by atoms with Gasteiger partial charge in [-0.15, -0.1) is 0 Å². The standard InChI is InChI=1S/C17H26O4/c1-3-4-5-6-11-20-12-13-21-14-17(18)15-7-9-16(19-2)10-8-15/h7-10H,3-6,11-14H2,1-2H3. The van der Waals surface area contributed by atoms with Crippen molar-refractivity contribution in [2.24, 2.45) is 0 Å². The predicted molar refractivity (Wildman–Crippen MR) is 83.1 cm³/mol. The Labute approximate surface area is 127 Å². The van der Waals surface area contributed by atoms with Gasteiger partial charge in [0.1, 0.15) is 12.4 Å². The van der Waals surface area contributed by atoms with Gasteiger partial charge in [-0.1, -0.05) is 26.2 Å². The van der Waals surface area contributed by atoms with E-state index >= 15 is 0 Å². The van der Waals surface area contributed by atoms with Gasteiger partial charge in [-0.25, -0.2) is 0 Å². The molecule has 0 aliphatic heterocycles. The SMILES string of the molecule is CCCCCCOCCOCC(=O)c1ccc(OC)cc1. The Kier molecular flexibility index (Phi) is 9.49. The molecule has 0 atom stereocenters. The molecule has 1 aromatic rings. The van der Waals surface area contributed by atoms with Crippen molar-refractivity contribution in [3.63, 3.8) is 0 Å². The van der Waals surface area contributed by atoms with Gasteiger partial charge in [0.2, 0.25) is 0 Å². The van der Waals surface area contributed by atoms with Crippen LogP contribution in [0, 0.1) is 0 Å². The number of carbonyl (C=O) groups is 1. The van der Waals surface area contributed by atoms with E-state index in [1.807, 2.05) is 0 Å². The van der Waals surface area contributed by atoms with Gasteiger partial charge >= 0.3 is 0 Å². The van der Waals surface area contributed by atoms with Crippen LogP contribution in [0.2, 0.25) is 0 Å². The molecular formula is C17H26O4. The number of carbonyl (C=O) groups excluding carboxylic acids is 1. The van der Waals surface area contributed by atoms with Crippen molar-refractivity contribution in [3.8, 4) is 5.75 Å². The molecule has 0 amide bonds. The van der Waals surface area contributed by atoms with Crippen molar-refractivity contribution in [2.75, 3.05) is 33.5 Å². The van der Waals surface area contributed by atoms with Gasteiger partial charge in [-0.2, -0.15) is 0 Å². The number of unbranched alkanes of at least 4 members (excludes halogenated alkanes) is 3. The van der Waals surface area contributed by atoms with Crippen molar-refractivity contribution in [2.45, 2.75) is 32.6 Å². The highest BCUT2D eigenvalue weighted by atomic mass is 16.5. The van der Waals surface area contributed by atoms with Crippen LogP contribution in [0.5, 0.6) is 5.75 Å². The van der Waals surface area contributed by atoms with E-state index < -0.39 is 0 Å². The van der Waals surface area contributed by atoms with E-state index in [0.29, 0.717) is 18.8 Å². The second-order valence-corrected chi connectivity index (χ2v) is 4.88. The van der Waals surface area contributed by atoms with Crippen LogP contribution in [0.3, 0.4) is 0 Å². The van der Waals surface area contributed by atoms with E-state index in [1.165, 1.54) is 19.3 Å². The van der Waals surface area contributed by atoms with Gasteiger partial charge in [-0.05, 0) is 30.7 Å². The molecule has 0 radical (unpaired) electrons. The minimum atomic E-state index is -0.0272. The maximum absolute atomic E-state index is 11.8. The van der Waals surface area contributed by atoms with Gasteiger partial charge in [0.15, 0.2) is 5.78 Å². The minimum absolute atomic E-state index is 0.0272. The van der Waals surface area contributed by atoms with E-state index in [2.05, 4.69) is 6.92 Å². The Morgan fingerprint density at radius 1 is 0.952 bits per heavy atom. The Bertz CT molecular complexity index is 386. The number of ether oxygens (including phenoxy) is 3. The summed E-state index contributed by atoms with van der Waals surface area (Å²) in [7, 11) is 1.60. The Morgan fingerprint density at radius 2 is 1.67 bits per heavy atom. The summed E-state index contributed by atoms with van der Waals surface area (Å²) in [6, 6.07) is 7.03. The molecule has 118 valence electrons. The number of Topliss-reactive ketones (excluding diaryl/α,β-unsaturated/α-hetero) is 1. The lowest BCUT2D eigenvalue weighted by Crippen LogP contribution is -2.13. The van der Waals surface area contributed by atoms with E-state index in [4.69, 9.17) is 14.2 Å². The zero-order valence-electron chi connectivity index (χ0n) is 13.1. The van der Waals surface area contributed by atoms with Crippen LogP contribution < -0.4 is 4.74 Å². The van der Waals surface area contributed by atoms with Crippen molar-refractivity contribution in [1.82, 2.24) is 0 Å². The second-order valence-electron chi connectivity index (χ2n) is 4.88. The monoisotopic (exact) mass is 294 g/mol. The molecule has 1 aromatic carbocycles.